The topological polar surface area (TPSA) is 90.3 Å². The molecule has 2 N–H and O–H groups in total. The van der Waals surface area contributed by atoms with Crippen molar-refractivity contribution in [3.8, 4) is 35.2 Å². The minimum absolute atomic E-state index is 0.0168. The summed E-state index contributed by atoms with van der Waals surface area (Å²) in [5.41, 5.74) is 7.06. The van der Waals surface area contributed by atoms with E-state index in [1.54, 1.807) is 0 Å². The molecule has 0 saturated carbocycles. The number of nitrogen functional groups attached to an aromatic ring is 1. The van der Waals surface area contributed by atoms with Crippen LogP contribution in [0, 0.1) is 30.6 Å². The lowest BCUT2D eigenvalue weighted by atomic mass is 9.94. The number of benzene rings is 2. The Bertz CT molecular complexity index is 2090. The van der Waals surface area contributed by atoms with E-state index in [1.807, 2.05) is 4.90 Å². The first-order chi connectivity index (χ1) is 22.7. The van der Waals surface area contributed by atoms with Crippen molar-refractivity contribution in [1.29, 1.82) is 0 Å². The normalized spacial score (nSPS) is 23.9. The van der Waals surface area contributed by atoms with Crippen LogP contribution in [0.4, 0.5) is 25.3 Å². The van der Waals surface area contributed by atoms with Crippen molar-refractivity contribution in [3.05, 3.63) is 52.4 Å². The summed E-state index contributed by atoms with van der Waals surface area (Å²) in [4.78, 5) is 17.4. The lowest BCUT2D eigenvalue weighted by Crippen LogP contribution is -2.46. The average molecular weight is 675 g/mol. The van der Waals surface area contributed by atoms with Crippen molar-refractivity contribution >= 4 is 60.4 Å². The monoisotopic (exact) mass is 674 g/mol. The number of fused-ring (bicyclic) bond motifs is 2. The van der Waals surface area contributed by atoms with Crippen LogP contribution in [0.25, 0.3) is 37.0 Å². The van der Waals surface area contributed by atoms with Crippen molar-refractivity contribution in [2.24, 2.45) is 0 Å². The van der Waals surface area contributed by atoms with Gasteiger partial charge in [-0.3, -0.25) is 4.90 Å². The van der Waals surface area contributed by atoms with Crippen LogP contribution in [0.3, 0.4) is 0 Å². The van der Waals surface area contributed by atoms with Gasteiger partial charge < -0.3 is 24.8 Å². The standard InChI is InChI=1S/C34H29ClF2N6O3S/c1-4-18-15-45-29-24-27(26(37)22(25(29)35)20-6-7-21(36)30-23(20)28(39-3)31(38)47-30)40-33(41-32(24)43(18)19-8-11-44-14-19)46-16-34-9-5-10-42(34)13-17(2)12-34/h1,6-7,18-19H,2,5,8-16,38H2/t18?,19?,34-/m0/s1. The Morgan fingerprint density at radius 1 is 1.30 bits per heavy atom. The van der Waals surface area contributed by atoms with Gasteiger partial charge in [-0.15, -0.1) is 17.8 Å². The highest BCUT2D eigenvalue weighted by Crippen LogP contribution is 2.53. The van der Waals surface area contributed by atoms with Crippen molar-refractivity contribution in [3.63, 3.8) is 0 Å². The summed E-state index contributed by atoms with van der Waals surface area (Å²) in [6.07, 6.45) is 9.53. The van der Waals surface area contributed by atoms with Gasteiger partial charge in [0.2, 0.25) is 5.69 Å². The van der Waals surface area contributed by atoms with Crippen LogP contribution in [0.15, 0.2) is 24.3 Å². The van der Waals surface area contributed by atoms with Crippen LogP contribution in [-0.4, -0.2) is 72.0 Å². The van der Waals surface area contributed by atoms with E-state index < -0.39 is 17.7 Å². The number of rotatable bonds is 5. The van der Waals surface area contributed by atoms with Crippen molar-refractivity contribution in [2.75, 3.05) is 50.2 Å². The molecule has 4 aliphatic rings. The van der Waals surface area contributed by atoms with Crippen LogP contribution < -0.4 is 20.1 Å². The maximum Gasteiger partial charge on any atom is 0.319 e. The van der Waals surface area contributed by atoms with E-state index in [1.165, 1.54) is 12.1 Å². The van der Waals surface area contributed by atoms with E-state index in [0.29, 0.717) is 32.1 Å². The highest BCUT2D eigenvalue weighted by atomic mass is 35.5. The van der Waals surface area contributed by atoms with E-state index in [2.05, 4.69) is 27.2 Å². The summed E-state index contributed by atoms with van der Waals surface area (Å²) in [6, 6.07) is 1.83. The predicted octanol–water partition coefficient (Wildman–Crippen LogP) is 6.74. The number of aromatic nitrogens is 2. The molecule has 9 nitrogen and oxygen atoms in total. The van der Waals surface area contributed by atoms with Crippen molar-refractivity contribution in [1.82, 2.24) is 14.9 Å². The van der Waals surface area contributed by atoms with Gasteiger partial charge in [-0.1, -0.05) is 35.7 Å². The minimum Gasteiger partial charge on any atom is -0.488 e. The van der Waals surface area contributed by atoms with Gasteiger partial charge in [0.1, 0.15) is 36.4 Å². The summed E-state index contributed by atoms with van der Waals surface area (Å²) in [7, 11) is 0. The molecule has 4 aliphatic heterocycles. The molecule has 2 aromatic carbocycles. The quantitative estimate of drug-likeness (QED) is 0.142. The lowest BCUT2D eigenvalue weighted by molar-refractivity contribution is 0.108. The van der Waals surface area contributed by atoms with Gasteiger partial charge in [0, 0.05) is 24.1 Å². The van der Waals surface area contributed by atoms with Crippen molar-refractivity contribution < 1.29 is 23.0 Å². The minimum atomic E-state index is -0.795. The van der Waals surface area contributed by atoms with Gasteiger partial charge >= 0.3 is 6.01 Å². The Morgan fingerprint density at radius 3 is 2.91 bits per heavy atom. The van der Waals surface area contributed by atoms with E-state index in [0.717, 1.165) is 49.3 Å². The molecule has 2 unspecified atom stereocenters. The Hall–Kier alpha value is -4.20. The fourth-order valence-electron chi connectivity index (χ4n) is 7.68. The van der Waals surface area contributed by atoms with Crippen LogP contribution in [-0.2, 0) is 4.74 Å². The molecular weight excluding hydrogens is 646 g/mol. The first kappa shape index (κ1) is 30.2. The van der Waals surface area contributed by atoms with E-state index in [9.17, 15) is 0 Å². The number of thiophene rings is 1. The third kappa shape index (κ3) is 4.54. The van der Waals surface area contributed by atoms with Gasteiger partial charge in [0.25, 0.3) is 0 Å². The van der Waals surface area contributed by atoms with Crippen molar-refractivity contribution in [2.45, 2.75) is 43.3 Å². The molecule has 3 atom stereocenters. The zero-order valence-electron chi connectivity index (χ0n) is 25.2. The van der Waals surface area contributed by atoms with Gasteiger partial charge in [-0.05, 0) is 43.9 Å². The van der Waals surface area contributed by atoms with E-state index in [4.69, 9.17) is 49.5 Å². The summed E-state index contributed by atoms with van der Waals surface area (Å²) in [5, 5.41) is 0.459. The molecule has 3 fully saturated rings. The number of anilines is 2. The SMILES string of the molecule is [C-]#[N+]c1c(N)sc2c(F)ccc(-c3c(Cl)c4c5c(nc(OC[C@@]67CCCN6CC(=C)C7)nc5c3F)N(C3CCOC3)C(C#C)CO4)c12. The lowest BCUT2D eigenvalue weighted by Gasteiger charge is -2.33. The van der Waals surface area contributed by atoms with Gasteiger partial charge in [-0.2, -0.15) is 9.97 Å². The predicted molar refractivity (Wildman–Crippen MR) is 179 cm³/mol. The highest BCUT2D eigenvalue weighted by molar-refractivity contribution is 7.23. The molecule has 0 bridgehead atoms. The summed E-state index contributed by atoms with van der Waals surface area (Å²) in [6.45, 7) is 15.0. The smallest absolute Gasteiger partial charge is 0.319 e. The maximum absolute atomic E-state index is 17.2. The van der Waals surface area contributed by atoms with Gasteiger partial charge in [0.05, 0.1) is 44.9 Å². The molecule has 0 aliphatic carbocycles. The number of nitrogens with two attached hydrogens (primary N) is 1. The van der Waals surface area contributed by atoms with Gasteiger partial charge in [-0.25, -0.2) is 13.6 Å². The molecule has 6 heterocycles. The average Bonchev–Trinajstić information content (AvgIpc) is 3.82. The first-order valence-electron chi connectivity index (χ1n) is 15.3. The molecule has 0 spiro atoms. The fraction of sp³-hybridized carbons (Fsp3) is 0.382. The summed E-state index contributed by atoms with van der Waals surface area (Å²) < 4.78 is 50.7. The van der Waals surface area contributed by atoms with Crippen LogP contribution >= 0.6 is 22.9 Å². The van der Waals surface area contributed by atoms with Gasteiger partial charge in [0.15, 0.2) is 11.6 Å². The number of terminal acetylenes is 1. The van der Waals surface area contributed by atoms with Crippen LogP contribution in [0.2, 0.25) is 5.02 Å². The van der Waals surface area contributed by atoms with Crippen LogP contribution in [0.5, 0.6) is 11.8 Å². The molecule has 3 saturated heterocycles. The molecular formula is C34H29ClF2N6O3S. The zero-order valence-corrected chi connectivity index (χ0v) is 26.8. The largest absolute Gasteiger partial charge is 0.488 e. The number of ether oxygens (including phenoxy) is 3. The maximum atomic E-state index is 17.2. The number of hydrogen-bond donors (Lipinski definition) is 1. The number of nitrogens with zero attached hydrogens (tertiary/aromatic N) is 5. The molecule has 4 aromatic rings. The molecule has 13 heteroatoms. The molecule has 240 valence electrons. The second-order valence-electron chi connectivity index (χ2n) is 12.5. The number of hydrogen-bond acceptors (Lipinski definition) is 9. The summed E-state index contributed by atoms with van der Waals surface area (Å²) >= 11 is 7.97. The third-order valence-electron chi connectivity index (χ3n) is 9.78. The van der Waals surface area contributed by atoms with Crippen LogP contribution in [0.1, 0.15) is 25.7 Å². The fourth-order valence-corrected chi connectivity index (χ4v) is 8.96. The Balaban J connectivity index is 1.37. The third-order valence-corrected chi connectivity index (χ3v) is 11.2. The Labute approximate surface area is 278 Å². The molecule has 0 radical (unpaired) electrons. The molecule has 2 aromatic heterocycles. The first-order valence-corrected chi connectivity index (χ1v) is 16.5. The summed E-state index contributed by atoms with van der Waals surface area (Å²) in [5.74, 6) is 1.91. The second kappa shape index (κ2) is 11.2. The Morgan fingerprint density at radius 2 is 2.15 bits per heavy atom. The number of halogens is 3. The molecule has 8 rings (SSSR count). The highest BCUT2D eigenvalue weighted by Gasteiger charge is 2.47. The van der Waals surface area contributed by atoms with E-state index in [-0.39, 0.29) is 77.8 Å². The molecule has 47 heavy (non-hydrogen) atoms. The Kier molecular flexibility index (Phi) is 7.19. The zero-order chi connectivity index (χ0) is 32.6. The second-order valence-corrected chi connectivity index (χ2v) is 13.9. The van der Waals surface area contributed by atoms with E-state index >= 15 is 8.78 Å². The molecule has 0 amide bonds.